The Hall–Kier alpha value is -4.63. The van der Waals surface area contributed by atoms with Crippen molar-refractivity contribution in [2.24, 2.45) is 11.4 Å². The molecule has 0 spiro atoms. The van der Waals surface area contributed by atoms with Gasteiger partial charge in [-0.2, -0.15) is 9.46 Å². The minimum Gasteiger partial charge on any atom is -0.507 e. The molecule has 43 heavy (non-hydrogen) atoms. The minimum absolute atomic E-state index is 0.0740. The lowest BCUT2D eigenvalue weighted by Gasteiger charge is -2.16. The average Bonchev–Trinajstić information content (AvgIpc) is 3.34. The van der Waals surface area contributed by atoms with Gasteiger partial charge in [0.15, 0.2) is 0 Å². The Morgan fingerprint density at radius 1 is 1.05 bits per heavy atom. The molecule has 2 aromatic heterocycles. The summed E-state index contributed by atoms with van der Waals surface area (Å²) in [6.45, 7) is 3.18. The second-order valence-electron chi connectivity index (χ2n) is 9.86. The molecule has 0 fully saturated rings. The quantitative estimate of drug-likeness (QED) is 0.237. The van der Waals surface area contributed by atoms with Gasteiger partial charge < -0.3 is 20.4 Å². The number of nitrogens with zero attached hydrogens (tertiary/aromatic N) is 5. The van der Waals surface area contributed by atoms with Crippen molar-refractivity contribution in [1.29, 1.82) is 0 Å². The largest absolute Gasteiger partial charge is 0.507 e. The summed E-state index contributed by atoms with van der Waals surface area (Å²) in [5.41, 5.74) is 3.30. The van der Waals surface area contributed by atoms with Gasteiger partial charge in [-0.15, -0.1) is 0 Å². The van der Waals surface area contributed by atoms with E-state index in [1.54, 1.807) is 61.8 Å². The molecule has 4 aromatic rings. The number of nitrogens with one attached hydrogen (secondary N) is 1. The third-order valence-corrected chi connectivity index (χ3v) is 8.28. The van der Waals surface area contributed by atoms with Crippen LogP contribution in [-0.2, 0) is 17.7 Å². The van der Waals surface area contributed by atoms with E-state index in [1.807, 2.05) is 31.0 Å². The fraction of sp³-hybridized carbons (Fsp3) is 0.250. The van der Waals surface area contributed by atoms with Gasteiger partial charge in [-0.1, -0.05) is 40.7 Å². The molecule has 0 saturated heterocycles. The van der Waals surface area contributed by atoms with Gasteiger partial charge in [0.1, 0.15) is 11.4 Å². The maximum absolute atomic E-state index is 13.2. The van der Waals surface area contributed by atoms with Gasteiger partial charge in [-0.3, -0.25) is 19.3 Å². The minimum atomic E-state index is -0.880. The summed E-state index contributed by atoms with van der Waals surface area (Å²) in [5, 5.41) is 26.7. The number of aliphatic hydroxyl groups excluding tert-OH is 1. The maximum atomic E-state index is 13.2. The number of hydrogen-bond acceptors (Lipinski definition) is 7. The van der Waals surface area contributed by atoms with Crippen molar-refractivity contribution >= 4 is 28.2 Å². The number of hydrogen-bond donors (Lipinski definition) is 3. The normalized spacial score (nSPS) is 11.7. The van der Waals surface area contributed by atoms with Crippen molar-refractivity contribution < 1.29 is 19.8 Å². The second kappa shape index (κ2) is 15.0. The highest BCUT2D eigenvalue weighted by Crippen LogP contribution is 2.23. The molecule has 10 nitrogen and oxygen atoms in total. The summed E-state index contributed by atoms with van der Waals surface area (Å²) in [5.74, 6) is 6.05. The third-order valence-electron chi connectivity index (χ3n) is 6.36. The van der Waals surface area contributed by atoms with Gasteiger partial charge in [0.25, 0.3) is 11.8 Å². The van der Waals surface area contributed by atoms with E-state index in [0.717, 1.165) is 18.7 Å². The smallest absolute Gasteiger partial charge is 0.284 e. The molecule has 1 atom stereocenters. The predicted octanol–water partition coefficient (Wildman–Crippen LogP) is 3.80. The third kappa shape index (κ3) is 8.93. The second-order valence-corrected chi connectivity index (χ2v) is 11.6. The van der Waals surface area contributed by atoms with Crippen LogP contribution in [0, 0.1) is 18.8 Å². The Kier molecular flexibility index (Phi) is 10.9. The molecular formula is C32H34N6O4S. The number of aromatic nitrogens is 3. The Morgan fingerprint density at radius 2 is 1.84 bits per heavy atom. The molecule has 2 heterocycles. The standard InChI is InChI=1S/C32H34N6O4S/c1-23-18-28(38(3)35-23)32(42)34-27-9-6-8-24(20-27)12-13-25-19-26(22-33-21-25)31(41)36-43(17-7-14-37(2)15-16-39)30-11-5-4-10-29(30)40/h4-6,8-11,18-22,39-40H,7,14-17H2,1-3H3,(H,34,42). The first-order chi connectivity index (χ1) is 20.7. The first-order valence-corrected chi connectivity index (χ1v) is 15.0. The highest BCUT2D eigenvalue weighted by molar-refractivity contribution is 7.87. The molecule has 0 aliphatic heterocycles. The number of aromatic hydroxyl groups is 1. The van der Waals surface area contributed by atoms with Crippen LogP contribution in [0.5, 0.6) is 5.75 Å². The fourth-order valence-electron chi connectivity index (χ4n) is 4.23. The number of phenols is 1. The van der Waals surface area contributed by atoms with Crippen molar-refractivity contribution in [2.45, 2.75) is 18.2 Å². The van der Waals surface area contributed by atoms with E-state index in [-0.39, 0.29) is 18.3 Å². The molecule has 3 N–H and O–H groups in total. The van der Waals surface area contributed by atoms with Gasteiger partial charge in [0.2, 0.25) is 0 Å². The fourth-order valence-corrected chi connectivity index (χ4v) is 5.89. The van der Waals surface area contributed by atoms with Crippen LogP contribution in [0.15, 0.2) is 82.3 Å². The Morgan fingerprint density at radius 3 is 2.58 bits per heavy atom. The molecule has 0 aliphatic carbocycles. The SMILES string of the molecule is Cc1cc(C(=O)Nc2cccc(C#Cc3cncc(C(=O)N=S(CCCN(C)CCO)c4ccccc4O)c3)c2)n(C)n1. The molecule has 0 aliphatic rings. The molecule has 222 valence electrons. The highest BCUT2D eigenvalue weighted by Gasteiger charge is 2.14. The van der Waals surface area contributed by atoms with Crippen molar-refractivity contribution in [3.8, 4) is 17.6 Å². The van der Waals surface area contributed by atoms with Crippen LogP contribution in [0.25, 0.3) is 0 Å². The number of aryl methyl sites for hydroxylation is 2. The first kappa shape index (κ1) is 31.3. The van der Waals surface area contributed by atoms with Gasteiger partial charge in [-0.25, -0.2) is 0 Å². The molecule has 11 heteroatoms. The topological polar surface area (TPSA) is 133 Å². The molecule has 0 saturated carbocycles. The summed E-state index contributed by atoms with van der Waals surface area (Å²) in [6, 6.07) is 17.4. The maximum Gasteiger partial charge on any atom is 0.284 e. The number of anilines is 1. The molecular weight excluding hydrogens is 564 g/mol. The number of rotatable bonds is 10. The monoisotopic (exact) mass is 598 g/mol. The number of carbonyl (C=O) groups is 2. The van der Waals surface area contributed by atoms with Crippen molar-refractivity contribution in [1.82, 2.24) is 19.7 Å². The zero-order valence-electron chi connectivity index (χ0n) is 24.3. The van der Waals surface area contributed by atoms with Crippen molar-refractivity contribution in [3.63, 3.8) is 0 Å². The average molecular weight is 599 g/mol. The molecule has 1 unspecified atom stereocenters. The zero-order valence-corrected chi connectivity index (χ0v) is 25.1. The molecule has 0 bridgehead atoms. The van der Waals surface area contributed by atoms with Crippen LogP contribution in [0.4, 0.5) is 5.69 Å². The number of para-hydroxylation sites is 1. The lowest BCUT2D eigenvalue weighted by atomic mass is 10.1. The van der Waals surface area contributed by atoms with E-state index >= 15 is 0 Å². The number of amides is 2. The lowest BCUT2D eigenvalue weighted by molar-refractivity contribution is 0.1000. The van der Waals surface area contributed by atoms with Gasteiger partial charge in [0.05, 0.1) is 22.8 Å². The van der Waals surface area contributed by atoms with E-state index in [9.17, 15) is 14.7 Å². The van der Waals surface area contributed by atoms with E-state index < -0.39 is 16.6 Å². The van der Waals surface area contributed by atoms with E-state index in [1.165, 1.54) is 10.9 Å². The Bertz CT molecular complexity index is 1710. The summed E-state index contributed by atoms with van der Waals surface area (Å²) >= 11 is 0. The Balaban J connectivity index is 1.50. The highest BCUT2D eigenvalue weighted by atomic mass is 32.2. The van der Waals surface area contributed by atoms with Crippen LogP contribution in [-0.4, -0.2) is 74.2 Å². The lowest BCUT2D eigenvalue weighted by Crippen LogP contribution is -2.24. The van der Waals surface area contributed by atoms with Crippen LogP contribution in [0.3, 0.4) is 0 Å². The van der Waals surface area contributed by atoms with Crippen molar-refractivity contribution in [3.05, 3.63) is 101 Å². The van der Waals surface area contributed by atoms with Crippen LogP contribution in [0.2, 0.25) is 0 Å². The summed E-state index contributed by atoms with van der Waals surface area (Å²) in [6.07, 6.45) is 3.75. The summed E-state index contributed by atoms with van der Waals surface area (Å²) in [4.78, 5) is 32.7. The zero-order chi connectivity index (χ0) is 30.8. The van der Waals surface area contributed by atoms with E-state index in [0.29, 0.717) is 45.3 Å². The van der Waals surface area contributed by atoms with E-state index in [4.69, 9.17) is 5.11 Å². The summed E-state index contributed by atoms with van der Waals surface area (Å²) in [7, 11) is 2.76. The van der Waals surface area contributed by atoms with Crippen molar-refractivity contribution in [2.75, 3.05) is 37.8 Å². The molecule has 0 radical (unpaired) electrons. The molecule has 4 rings (SSSR count). The number of likely N-dealkylation sites (N-methyl/N-ethyl adjacent to an activating group) is 1. The number of carbonyl (C=O) groups excluding carboxylic acids is 2. The van der Waals surface area contributed by atoms with Crippen LogP contribution < -0.4 is 5.32 Å². The van der Waals surface area contributed by atoms with E-state index in [2.05, 4.69) is 31.6 Å². The first-order valence-electron chi connectivity index (χ1n) is 13.7. The number of benzene rings is 2. The van der Waals surface area contributed by atoms with Gasteiger partial charge in [-0.05, 0) is 69.4 Å². The van der Waals surface area contributed by atoms with Gasteiger partial charge in [0, 0.05) is 48.6 Å². The molecule has 2 amide bonds. The van der Waals surface area contributed by atoms with Gasteiger partial charge >= 0.3 is 0 Å². The number of aliphatic hydroxyl groups is 1. The molecule has 2 aromatic carbocycles. The van der Waals surface area contributed by atoms with Crippen LogP contribution >= 0.6 is 0 Å². The Labute approximate surface area is 253 Å². The number of phenolic OH excluding ortho intramolecular Hbond substituents is 1. The predicted molar refractivity (Wildman–Crippen MR) is 167 cm³/mol. The summed E-state index contributed by atoms with van der Waals surface area (Å²) < 4.78 is 6.01. The van der Waals surface area contributed by atoms with Crippen LogP contribution in [0.1, 0.15) is 44.1 Å². The number of pyridine rings is 1.